The van der Waals surface area contributed by atoms with Crippen LogP contribution >= 0.6 is 23.2 Å². The van der Waals surface area contributed by atoms with Gasteiger partial charge in [0.2, 0.25) is 5.28 Å². The Morgan fingerprint density at radius 3 is 2.77 bits per heavy atom. The highest BCUT2D eigenvalue weighted by Gasteiger charge is 2.07. The van der Waals surface area contributed by atoms with Crippen LogP contribution in [0.5, 0.6) is 0 Å². The zero-order valence-electron chi connectivity index (χ0n) is 6.08. The predicted molar refractivity (Wildman–Crippen MR) is 48.0 cm³/mol. The highest BCUT2D eigenvalue weighted by molar-refractivity contribution is 6.35. The number of halogens is 2. The summed E-state index contributed by atoms with van der Waals surface area (Å²) in [4.78, 5) is 24.7. The van der Waals surface area contributed by atoms with E-state index in [9.17, 15) is 4.79 Å². The second-order valence-corrected chi connectivity index (χ2v) is 2.91. The molecular formula is C6H2Cl2N4O. The lowest BCUT2D eigenvalue weighted by Gasteiger charge is -1.96. The predicted octanol–water partition coefficient (Wildman–Crippen LogP) is 1.02. The topological polar surface area (TPSA) is 71.5 Å². The largest absolute Gasteiger partial charge is 0.311 e. The third-order valence-corrected chi connectivity index (χ3v) is 1.85. The molecule has 0 saturated carbocycles. The summed E-state index contributed by atoms with van der Waals surface area (Å²) < 4.78 is 0. The van der Waals surface area contributed by atoms with E-state index in [-0.39, 0.29) is 21.5 Å². The van der Waals surface area contributed by atoms with Gasteiger partial charge < -0.3 is 4.98 Å². The molecule has 0 saturated heterocycles. The average molecular weight is 217 g/mol. The molecule has 0 radical (unpaired) electrons. The van der Waals surface area contributed by atoms with Gasteiger partial charge >= 0.3 is 0 Å². The number of aromatic nitrogens is 4. The molecule has 2 aromatic heterocycles. The fraction of sp³-hybridized carbons (Fsp3) is 0. The number of hydrogen-bond donors (Lipinski definition) is 1. The quantitative estimate of drug-likeness (QED) is 0.528. The molecule has 1 N–H and O–H groups in total. The van der Waals surface area contributed by atoms with Gasteiger partial charge in [-0.1, -0.05) is 11.6 Å². The molecule has 5 nitrogen and oxygen atoms in total. The summed E-state index contributed by atoms with van der Waals surface area (Å²) in [6.07, 6.45) is 1.23. The number of aromatic amines is 1. The van der Waals surface area contributed by atoms with Crippen molar-refractivity contribution in [1.29, 1.82) is 0 Å². The highest BCUT2D eigenvalue weighted by Crippen LogP contribution is 2.16. The van der Waals surface area contributed by atoms with Crippen LogP contribution in [-0.4, -0.2) is 19.9 Å². The van der Waals surface area contributed by atoms with Crippen LogP contribution in [0, 0.1) is 0 Å². The van der Waals surface area contributed by atoms with E-state index >= 15 is 0 Å². The molecule has 2 heterocycles. The Labute approximate surface area is 81.8 Å². The minimum atomic E-state index is -0.392. The van der Waals surface area contributed by atoms with E-state index < -0.39 is 5.56 Å². The molecule has 0 fully saturated rings. The van der Waals surface area contributed by atoms with Crippen LogP contribution in [0.25, 0.3) is 11.0 Å². The summed E-state index contributed by atoms with van der Waals surface area (Å²) in [5.74, 6) is 0. The molecule has 0 aliphatic rings. The second-order valence-electron chi connectivity index (χ2n) is 2.21. The Morgan fingerprint density at radius 1 is 1.23 bits per heavy atom. The van der Waals surface area contributed by atoms with Crippen molar-refractivity contribution >= 4 is 34.2 Å². The number of nitrogens with zero attached hydrogens (tertiary/aromatic N) is 3. The summed E-state index contributed by atoms with van der Waals surface area (Å²) in [5.41, 5.74) is -0.0569. The lowest BCUT2D eigenvalue weighted by atomic mass is 10.4. The number of nitrogens with one attached hydrogen (secondary N) is 1. The van der Waals surface area contributed by atoms with Gasteiger partial charge in [-0.3, -0.25) is 4.79 Å². The van der Waals surface area contributed by atoms with Gasteiger partial charge in [-0.05, 0) is 11.6 Å². The first-order valence-electron chi connectivity index (χ1n) is 3.25. The smallest absolute Gasteiger partial charge is 0.277 e. The van der Waals surface area contributed by atoms with Crippen molar-refractivity contribution in [2.75, 3.05) is 0 Å². The molecule has 66 valence electrons. The van der Waals surface area contributed by atoms with E-state index in [0.717, 1.165) is 0 Å². The minimum absolute atomic E-state index is 0.0705. The van der Waals surface area contributed by atoms with E-state index in [4.69, 9.17) is 23.2 Å². The number of H-pyrrole nitrogens is 1. The molecule has 0 atom stereocenters. The Bertz CT molecular complexity index is 524. The molecule has 0 unspecified atom stereocenters. The molecular weight excluding hydrogens is 215 g/mol. The maximum Gasteiger partial charge on any atom is 0.277 e. The summed E-state index contributed by atoms with van der Waals surface area (Å²) >= 11 is 11.2. The summed E-state index contributed by atoms with van der Waals surface area (Å²) in [6.45, 7) is 0. The van der Waals surface area contributed by atoms with Gasteiger partial charge in [-0.2, -0.15) is 0 Å². The van der Waals surface area contributed by atoms with Gasteiger partial charge in [-0.15, -0.1) is 0 Å². The molecule has 7 heteroatoms. The van der Waals surface area contributed by atoms with Crippen molar-refractivity contribution in [3.8, 4) is 0 Å². The third kappa shape index (κ3) is 1.36. The summed E-state index contributed by atoms with van der Waals surface area (Å²) in [6, 6.07) is 0. The fourth-order valence-corrected chi connectivity index (χ4v) is 1.33. The summed E-state index contributed by atoms with van der Waals surface area (Å²) in [5, 5.41) is -0.00269. The Morgan fingerprint density at radius 2 is 2.00 bits per heavy atom. The van der Waals surface area contributed by atoms with Crippen LogP contribution in [0.15, 0.2) is 11.1 Å². The number of rotatable bonds is 0. The monoisotopic (exact) mass is 216 g/mol. The molecule has 13 heavy (non-hydrogen) atoms. The van der Waals surface area contributed by atoms with Gasteiger partial charge in [0.25, 0.3) is 5.56 Å². The molecule has 0 amide bonds. The Balaban J connectivity index is 3.03. The first-order valence-corrected chi connectivity index (χ1v) is 4.00. The van der Waals surface area contributed by atoms with Crippen molar-refractivity contribution in [1.82, 2.24) is 19.9 Å². The second kappa shape index (κ2) is 2.93. The highest BCUT2D eigenvalue weighted by atomic mass is 35.5. The Kier molecular flexibility index (Phi) is 1.90. The SMILES string of the molecule is O=c1[nH]cnc2c(Cl)nc(Cl)nc12. The molecule has 0 aliphatic carbocycles. The van der Waals surface area contributed by atoms with Crippen molar-refractivity contribution in [2.45, 2.75) is 0 Å². The normalized spacial score (nSPS) is 10.6. The van der Waals surface area contributed by atoms with Crippen molar-refractivity contribution in [3.05, 3.63) is 27.1 Å². The lowest BCUT2D eigenvalue weighted by Crippen LogP contribution is -2.09. The molecule has 0 aromatic carbocycles. The zero-order valence-corrected chi connectivity index (χ0v) is 7.60. The lowest BCUT2D eigenvalue weighted by molar-refractivity contribution is 1.11. The van der Waals surface area contributed by atoms with Gasteiger partial charge in [0.15, 0.2) is 10.7 Å². The van der Waals surface area contributed by atoms with Gasteiger partial charge in [0, 0.05) is 0 Å². The van der Waals surface area contributed by atoms with Crippen LogP contribution in [0.3, 0.4) is 0 Å². The van der Waals surface area contributed by atoms with Crippen molar-refractivity contribution < 1.29 is 0 Å². The molecule has 2 rings (SSSR count). The first-order chi connectivity index (χ1) is 6.18. The van der Waals surface area contributed by atoms with Gasteiger partial charge in [0.1, 0.15) is 5.52 Å². The van der Waals surface area contributed by atoms with Crippen molar-refractivity contribution in [2.24, 2.45) is 0 Å². The zero-order chi connectivity index (χ0) is 9.42. The van der Waals surface area contributed by atoms with Gasteiger partial charge in [0.05, 0.1) is 6.33 Å². The third-order valence-electron chi connectivity index (χ3n) is 1.42. The minimum Gasteiger partial charge on any atom is -0.311 e. The fourth-order valence-electron chi connectivity index (χ4n) is 0.898. The van der Waals surface area contributed by atoms with Gasteiger partial charge in [-0.25, -0.2) is 15.0 Å². The molecule has 0 spiro atoms. The maximum atomic E-state index is 11.2. The van der Waals surface area contributed by atoms with Crippen LogP contribution in [0.1, 0.15) is 0 Å². The van der Waals surface area contributed by atoms with E-state index in [0.29, 0.717) is 0 Å². The molecule has 0 aliphatic heterocycles. The number of hydrogen-bond acceptors (Lipinski definition) is 4. The van der Waals surface area contributed by atoms with Crippen LogP contribution in [0.4, 0.5) is 0 Å². The molecule has 0 bridgehead atoms. The first kappa shape index (κ1) is 8.40. The van der Waals surface area contributed by atoms with Crippen molar-refractivity contribution in [3.63, 3.8) is 0 Å². The van der Waals surface area contributed by atoms with E-state index in [1.807, 2.05) is 0 Å². The van der Waals surface area contributed by atoms with Crippen LogP contribution < -0.4 is 5.56 Å². The van der Waals surface area contributed by atoms with Crippen LogP contribution in [-0.2, 0) is 0 Å². The summed E-state index contributed by atoms with van der Waals surface area (Å²) in [7, 11) is 0. The maximum absolute atomic E-state index is 11.2. The average Bonchev–Trinajstić information content (AvgIpc) is 2.07. The van der Waals surface area contributed by atoms with E-state index in [1.165, 1.54) is 6.33 Å². The van der Waals surface area contributed by atoms with E-state index in [1.54, 1.807) is 0 Å². The molecule has 2 aromatic rings. The number of fused-ring (bicyclic) bond motifs is 1. The standard InChI is InChI=1S/C6H2Cl2N4O/c7-4-2-3(11-6(8)12-4)5(13)10-1-9-2/h1H,(H,9,10,13). The van der Waals surface area contributed by atoms with Crippen LogP contribution in [0.2, 0.25) is 10.4 Å². The Hall–Kier alpha value is -1.20. The van der Waals surface area contributed by atoms with E-state index in [2.05, 4.69) is 19.9 Å².